The highest BCUT2D eigenvalue weighted by Gasteiger charge is 2.13. The standard InChI is InChI=1S/C14H8BrClFN3O/c15-8-5-9(16)10(17)6-12(8)21-13-7-3-1-2-4-11(7)19-14(18)20-13/h1-6H,(H2,18,19,20). The Labute approximate surface area is 132 Å². The van der Waals surface area contributed by atoms with Gasteiger partial charge in [-0.1, -0.05) is 23.7 Å². The Bertz CT molecular complexity index is 844. The van der Waals surface area contributed by atoms with Crippen LogP contribution in [0.25, 0.3) is 10.9 Å². The Morgan fingerprint density at radius 1 is 1.19 bits per heavy atom. The van der Waals surface area contributed by atoms with E-state index in [9.17, 15) is 4.39 Å². The van der Waals surface area contributed by atoms with Crippen molar-refractivity contribution in [1.29, 1.82) is 0 Å². The van der Waals surface area contributed by atoms with Crippen LogP contribution < -0.4 is 10.5 Å². The van der Waals surface area contributed by atoms with Crippen molar-refractivity contribution in [3.63, 3.8) is 0 Å². The van der Waals surface area contributed by atoms with Crippen molar-refractivity contribution < 1.29 is 9.13 Å². The van der Waals surface area contributed by atoms with E-state index in [-0.39, 0.29) is 22.6 Å². The Balaban J connectivity index is 2.12. The van der Waals surface area contributed by atoms with Gasteiger partial charge in [0.1, 0.15) is 11.6 Å². The van der Waals surface area contributed by atoms with Crippen LogP contribution in [0.5, 0.6) is 11.6 Å². The Kier molecular flexibility index (Phi) is 3.65. The SMILES string of the molecule is Nc1nc(Oc2cc(F)c(Cl)cc2Br)c2ccccc2n1. The van der Waals surface area contributed by atoms with Gasteiger partial charge in [0.2, 0.25) is 11.8 Å². The zero-order valence-corrected chi connectivity index (χ0v) is 12.8. The molecule has 2 aromatic carbocycles. The number of nitrogens with zero attached hydrogens (tertiary/aromatic N) is 2. The van der Waals surface area contributed by atoms with Gasteiger partial charge in [0.05, 0.1) is 20.4 Å². The van der Waals surface area contributed by atoms with Gasteiger partial charge in [0, 0.05) is 6.07 Å². The molecule has 0 radical (unpaired) electrons. The number of hydrogen-bond acceptors (Lipinski definition) is 4. The summed E-state index contributed by atoms with van der Waals surface area (Å²) in [6, 6.07) is 9.84. The molecule has 106 valence electrons. The summed E-state index contributed by atoms with van der Waals surface area (Å²) in [6.07, 6.45) is 0. The highest BCUT2D eigenvalue weighted by atomic mass is 79.9. The van der Waals surface area contributed by atoms with Crippen molar-refractivity contribution >= 4 is 44.4 Å². The number of fused-ring (bicyclic) bond motifs is 1. The molecule has 0 unspecified atom stereocenters. The molecule has 21 heavy (non-hydrogen) atoms. The number of nitrogen functional groups attached to an aromatic ring is 1. The average Bonchev–Trinajstić information content (AvgIpc) is 2.44. The molecule has 2 N–H and O–H groups in total. The molecule has 0 aliphatic carbocycles. The second-order valence-corrected chi connectivity index (χ2v) is 5.46. The van der Waals surface area contributed by atoms with Crippen LogP contribution in [0.2, 0.25) is 5.02 Å². The number of ether oxygens (including phenoxy) is 1. The molecule has 0 aliphatic heterocycles. The topological polar surface area (TPSA) is 61.0 Å². The fourth-order valence-corrected chi connectivity index (χ4v) is 2.55. The lowest BCUT2D eigenvalue weighted by Gasteiger charge is -2.10. The van der Waals surface area contributed by atoms with E-state index in [2.05, 4.69) is 25.9 Å². The van der Waals surface area contributed by atoms with Crippen molar-refractivity contribution in [2.24, 2.45) is 0 Å². The van der Waals surface area contributed by atoms with Crippen LogP contribution in [0.4, 0.5) is 10.3 Å². The molecule has 3 aromatic rings. The van der Waals surface area contributed by atoms with Crippen molar-refractivity contribution in [3.05, 3.63) is 51.7 Å². The van der Waals surface area contributed by atoms with Gasteiger partial charge >= 0.3 is 0 Å². The number of benzene rings is 2. The first-order valence-corrected chi connectivity index (χ1v) is 7.06. The predicted molar refractivity (Wildman–Crippen MR) is 83.1 cm³/mol. The molecule has 0 spiro atoms. The van der Waals surface area contributed by atoms with Crippen LogP contribution >= 0.6 is 27.5 Å². The molecular formula is C14H8BrClFN3O. The van der Waals surface area contributed by atoms with Crippen molar-refractivity contribution in [1.82, 2.24) is 9.97 Å². The number of halogens is 3. The highest BCUT2D eigenvalue weighted by Crippen LogP contribution is 2.35. The molecule has 0 bridgehead atoms. The summed E-state index contributed by atoms with van der Waals surface area (Å²) in [5.41, 5.74) is 6.31. The van der Waals surface area contributed by atoms with E-state index in [4.69, 9.17) is 22.1 Å². The average molecular weight is 369 g/mol. The van der Waals surface area contributed by atoms with Gasteiger partial charge in [-0.3, -0.25) is 0 Å². The number of hydrogen-bond donors (Lipinski definition) is 1. The zero-order chi connectivity index (χ0) is 15.0. The molecule has 1 aromatic heterocycles. The molecule has 0 amide bonds. The fraction of sp³-hybridized carbons (Fsp3) is 0. The quantitative estimate of drug-likeness (QED) is 0.674. The monoisotopic (exact) mass is 367 g/mol. The summed E-state index contributed by atoms with van der Waals surface area (Å²) < 4.78 is 19.7. The Morgan fingerprint density at radius 2 is 1.95 bits per heavy atom. The first kappa shape index (κ1) is 14.0. The van der Waals surface area contributed by atoms with E-state index in [0.29, 0.717) is 15.4 Å². The lowest BCUT2D eigenvalue weighted by molar-refractivity contribution is 0.461. The van der Waals surface area contributed by atoms with Gasteiger partial charge in [-0.05, 0) is 34.1 Å². The van der Waals surface area contributed by atoms with Gasteiger partial charge in [0.15, 0.2) is 0 Å². The number of anilines is 1. The minimum absolute atomic E-state index is 0.00119. The van der Waals surface area contributed by atoms with Crippen LogP contribution in [-0.4, -0.2) is 9.97 Å². The minimum Gasteiger partial charge on any atom is -0.437 e. The minimum atomic E-state index is -0.582. The molecule has 1 heterocycles. The van der Waals surface area contributed by atoms with Crippen LogP contribution in [0, 0.1) is 5.82 Å². The molecule has 0 atom stereocenters. The molecule has 7 heteroatoms. The number of nitrogens with two attached hydrogens (primary N) is 1. The Morgan fingerprint density at radius 3 is 2.76 bits per heavy atom. The maximum absolute atomic E-state index is 13.6. The summed E-state index contributed by atoms with van der Waals surface area (Å²) in [4.78, 5) is 8.17. The predicted octanol–water partition coefficient (Wildman–Crippen LogP) is 4.56. The highest BCUT2D eigenvalue weighted by molar-refractivity contribution is 9.10. The molecule has 0 saturated heterocycles. The molecular weight excluding hydrogens is 361 g/mol. The second-order valence-electron chi connectivity index (χ2n) is 4.20. The van der Waals surface area contributed by atoms with E-state index in [0.717, 1.165) is 0 Å². The molecule has 0 aliphatic rings. The van der Waals surface area contributed by atoms with E-state index in [1.54, 1.807) is 12.1 Å². The second kappa shape index (κ2) is 5.46. The third-order valence-corrected chi connectivity index (χ3v) is 3.68. The Hall–Kier alpha value is -1.92. The third kappa shape index (κ3) is 2.77. The number of rotatable bonds is 2. The summed E-state index contributed by atoms with van der Waals surface area (Å²) >= 11 is 8.97. The van der Waals surface area contributed by atoms with Crippen molar-refractivity contribution in [3.8, 4) is 11.6 Å². The third-order valence-electron chi connectivity index (χ3n) is 2.77. The molecule has 0 saturated carbocycles. The normalized spacial score (nSPS) is 10.8. The maximum atomic E-state index is 13.6. The van der Waals surface area contributed by atoms with Crippen LogP contribution in [0.1, 0.15) is 0 Å². The molecule has 0 fully saturated rings. The van der Waals surface area contributed by atoms with Gasteiger partial charge in [-0.25, -0.2) is 9.37 Å². The van der Waals surface area contributed by atoms with Crippen LogP contribution in [0.15, 0.2) is 40.9 Å². The van der Waals surface area contributed by atoms with Crippen molar-refractivity contribution in [2.75, 3.05) is 5.73 Å². The van der Waals surface area contributed by atoms with Gasteiger partial charge in [-0.2, -0.15) is 4.98 Å². The summed E-state index contributed by atoms with van der Waals surface area (Å²) in [5, 5.41) is 0.676. The zero-order valence-electron chi connectivity index (χ0n) is 10.5. The van der Waals surface area contributed by atoms with Crippen LogP contribution in [0.3, 0.4) is 0 Å². The fourth-order valence-electron chi connectivity index (χ4n) is 1.83. The van der Waals surface area contributed by atoms with E-state index in [1.807, 2.05) is 12.1 Å². The number of para-hydroxylation sites is 1. The summed E-state index contributed by atoms with van der Waals surface area (Å²) in [5.74, 6) is -0.00358. The summed E-state index contributed by atoms with van der Waals surface area (Å²) in [7, 11) is 0. The van der Waals surface area contributed by atoms with E-state index >= 15 is 0 Å². The molecule has 3 rings (SSSR count). The number of aromatic nitrogens is 2. The van der Waals surface area contributed by atoms with Gasteiger partial charge in [-0.15, -0.1) is 0 Å². The molecule has 4 nitrogen and oxygen atoms in total. The largest absolute Gasteiger partial charge is 0.437 e. The summed E-state index contributed by atoms with van der Waals surface area (Å²) in [6.45, 7) is 0. The van der Waals surface area contributed by atoms with Gasteiger partial charge in [0.25, 0.3) is 0 Å². The lowest BCUT2D eigenvalue weighted by Crippen LogP contribution is -1.99. The first-order chi connectivity index (χ1) is 10.0. The van der Waals surface area contributed by atoms with Crippen molar-refractivity contribution in [2.45, 2.75) is 0 Å². The lowest BCUT2D eigenvalue weighted by atomic mass is 10.2. The van der Waals surface area contributed by atoms with E-state index < -0.39 is 5.82 Å². The smallest absolute Gasteiger partial charge is 0.232 e. The first-order valence-electron chi connectivity index (χ1n) is 5.89. The maximum Gasteiger partial charge on any atom is 0.232 e. The van der Waals surface area contributed by atoms with E-state index in [1.165, 1.54) is 12.1 Å². The van der Waals surface area contributed by atoms with Crippen LogP contribution in [-0.2, 0) is 0 Å². The van der Waals surface area contributed by atoms with Gasteiger partial charge < -0.3 is 10.5 Å².